The second-order valence-electron chi connectivity index (χ2n) is 6.33. The fraction of sp³-hybridized carbons (Fsp3) is 0.174. The summed E-state index contributed by atoms with van der Waals surface area (Å²) in [5.74, 6) is 1.03. The Morgan fingerprint density at radius 2 is 1.38 bits per heavy atom. The molecule has 0 unspecified atom stereocenters. The smallest absolute Gasteiger partial charge is 0.129 e. The van der Waals surface area contributed by atoms with Crippen LogP contribution in [0.15, 0.2) is 94.8 Å². The van der Waals surface area contributed by atoms with Crippen LogP contribution in [0.2, 0.25) is 0 Å². The summed E-state index contributed by atoms with van der Waals surface area (Å²) in [6, 6.07) is 30.0. The van der Waals surface area contributed by atoms with Crippen molar-refractivity contribution in [1.29, 1.82) is 0 Å². The van der Waals surface area contributed by atoms with Crippen LogP contribution in [-0.2, 0) is 0 Å². The summed E-state index contributed by atoms with van der Waals surface area (Å²) >= 11 is 1.89. The molecule has 0 saturated heterocycles. The average molecular weight is 359 g/mol. The fourth-order valence-electron chi connectivity index (χ4n) is 3.19. The topological polar surface area (TPSA) is 24.4 Å². The largest absolute Gasteiger partial charge is 0.370 e. The zero-order valence-corrected chi connectivity index (χ0v) is 15.5. The average Bonchev–Trinajstić information content (AvgIpc) is 2.74. The van der Waals surface area contributed by atoms with Crippen molar-refractivity contribution < 1.29 is 0 Å². The van der Waals surface area contributed by atoms with Gasteiger partial charge < -0.3 is 5.32 Å². The first-order valence-corrected chi connectivity index (χ1v) is 9.94. The SMILES string of the molecule is c1ccc(C(Sc2ccccc2C2=NCCCN2)c2ccccc2)cc1. The lowest BCUT2D eigenvalue weighted by atomic mass is 10.0. The Bertz CT molecular complexity index is 835. The van der Waals surface area contributed by atoms with Crippen LogP contribution in [0.5, 0.6) is 0 Å². The Balaban J connectivity index is 1.72. The minimum Gasteiger partial charge on any atom is -0.370 e. The molecule has 4 rings (SSSR count). The molecule has 0 radical (unpaired) electrons. The second-order valence-corrected chi connectivity index (χ2v) is 7.47. The van der Waals surface area contributed by atoms with E-state index in [1.165, 1.54) is 21.6 Å². The van der Waals surface area contributed by atoms with Crippen molar-refractivity contribution in [3.63, 3.8) is 0 Å². The highest BCUT2D eigenvalue weighted by Gasteiger charge is 2.19. The quantitative estimate of drug-likeness (QED) is 0.625. The number of benzene rings is 3. The van der Waals surface area contributed by atoms with Crippen LogP contribution in [0.1, 0.15) is 28.4 Å². The molecule has 3 aromatic carbocycles. The molecule has 1 heterocycles. The van der Waals surface area contributed by atoms with Crippen LogP contribution < -0.4 is 5.32 Å². The van der Waals surface area contributed by atoms with E-state index in [1.54, 1.807) is 0 Å². The highest BCUT2D eigenvalue weighted by atomic mass is 32.2. The van der Waals surface area contributed by atoms with Gasteiger partial charge in [0.1, 0.15) is 5.84 Å². The van der Waals surface area contributed by atoms with E-state index in [9.17, 15) is 0 Å². The lowest BCUT2D eigenvalue weighted by Gasteiger charge is -2.21. The third-order valence-corrected chi connectivity index (χ3v) is 5.88. The Morgan fingerprint density at radius 3 is 2.00 bits per heavy atom. The second kappa shape index (κ2) is 8.24. The predicted molar refractivity (Wildman–Crippen MR) is 111 cm³/mol. The third-order valence-electron chi connectivity index (χ3n) is 4.49. The van der Waals surface area contributed by atoms with Gasteiger partial charge >= 0.3 is 0 Å². The number of hydrogen-bond donors (Lipinski definition) is 1. The molecule has 0 saturated carbocycles. The molecule has 0 spiro atoms. The molecule has 1 N–H and O–H groups in total. The van der Waals surface area contributed by atoms with E-state index in [2.05, 4.69) is 90.2 Å². The van der Waals surface area contributed by atoms with Gasteiger partial charge in [0.15, 0.2) is 0 Å². The van der Waals surface area contributed by atoms with E-state index >= 15 is 0 Å². The van der Waals surface area contributed by atoms with Gasteiger partial charge in [-0.1, -0.05) is 78.9 Å². The van der Waals surface area contributed by atoms with Gasteiger partial charge in [0.05, 0.1) is 5.25 Å². The molecule has 0 aliphatic carbocycles. The van der Waals surface area contributed by atoms with E-state index < -0.39 is 0 Å². The minimum atomic E-state index is 0.253. The van der Waals surface area contributed by atoms with Crippen molar-refractivity contribution in [2.45, 2.75) is 16.6 Å². The maximum atomic E-state index is 4.71. The molecule has 0 amide bonds. The molecule has 2 nitrogen and oxygen atoms in total. The third kappa shape index (κ3) is 3.83. The van der Waals surface area contributed by atoms with Crippen molar-refractivity contribution in [3.8, 4) is 0 Å². The summed E-state index contributed by atoms with van der Waals surface area (Å²) in [7, 11) is 0. The van der Waals surface area contributed by atoms with Crippen LogP contribution in [0.25, 0.3) is 0 Å². The van der Waals surface area contributed by atoms with Crippen molar-refractivity contribution >= 4 is 17.6 Å². The first-order chi connectivity index (χ1) is 12.9. The van der Waals surface area contributed by atoms with Crippen molar-refractivity contribution in [2.24, 2.45) is 4.99 Å². The van der Waals surface area contributed by atoms with Gasteiger partial charge in [0.25, 0.3) is 0 Å². The summed E-state index contributed by atoms with van der Waals surface area (Å²) in [5.41, 5.74) is 3.84. The van der Waals surface area contributed by atoms with E-state index in [-0.39, 0.29) is 5.25 Å². The maximum Gasteiger partial charge on any atom is 0.129 e. The lowest BCUT2D eigenvalue weighted by molar-refractivity contribution is 0.741. The Labute approximate surface area is 159 Å². The number of rotatable bonds is 5. The molecule has 0 atom stereocenters. The molecule has 1 aliphatic rings. The summed E-state index contributed by atoms with van der Waals surface area (Å²) < 4.78 is 0. The first-order valence-electron chi connectivity index (χ1n) is 9.06. The molecule has 0 fully saturated rings. The Hall–Kier alpha value is -2.52. The highest BCUT2D eigenvalue weighted by Crippen LogP contribution is 2.41. The monoisotopic (exact) mass is 358 g/mol. The van der Waals surface area contributed by atoms with Crippen LogP contribution in [0.3, 0.4) is 0 Å². The summed E-state index contributed by atoms with van der Waals surface area (Å²) in [5, 5.41) is 3.72. The van der Waals surface area contributed by atoms with E-state index in [1.807, 2.05) is 11.8 Å². The van der Waals surface area contributed by atoms with Gasteiger partial charge in [0, 0.05) is 23.5 Å². The van der Waals surface area contributed by atoms with Crippen LogP contribution in [0.4, 0.5) is 0 Å². The summed E-state index contributed by atoms with van der Waals surface area (Å²) in [6.07, 6.45) is 1.11. The fourth-order valence-corrected chi connectivity index (χ4v) is 4.48. The van der Waals surface area contributed by atoms with E-state index in [4.69, 9.17) is 4.99 Å². The zero-order valence-electron chi connectivity index (χ0n) is 14.6. The number of nitrogens with zero attached hydrogens (tertiary/aromatic N) is 1. The molecular weight excluding hydrogens is 336 g/mol. The highest BCUT2D eigenvalue weighted by molar-refractivity contribution is 7.99. The Kier molecular flexibility index (Phi) is 5.36. The molecule has 0 aromatic heterocycles. The minimum absolute atomic E-state index is 0.253. The van der Waals surface area contributed by atoms with E-state index in [0.717, 1.165) is 25.3 Å². The maximum absolute atomic E-state index is 4.71. The number of aliphatic imine (C=N–C) groups is 1. The normalized spacial score (nSPS) is 14.0. The van der Waals surface area contributed by atoms with Gasteiger partial charge in [-0.15, -0.1) is 11.8 Å². The van der Waals surface area contributed by atoms with Gasteiger partial charge in [-0.2, -0.15) is 0 Å². The van der Waals surface area contributed by atoms with Crippen LogP contribution >= 0.6 is 11.8 Å². The van der Waals surface area contributed by atoms with Gasteiger partial charge in [-0.25, -0.2) is 0 Å². The van der Waals surface area contributed by atoms with Gasteiger partial charge in [-0.05, 0) is 23.6 Å². The van der Waals surface area contributed by atoms with Crippen molar-refractivity contribution in [3.05, 3.63) is 102 Å². The number of amidine groups is 1. The van der Waals surface area contributed by atoms with Crippen LogP contribution in [-0.4, -0.2) is 18.9 Å². The standard InChI is InChI=1S/C23H22N2S/c1-3-10-18(11-4-1)22(19-12-5-2-6-13-19)26-21-15-8-7-14-20(21)23-24-16-9-17-25-23/h1-8,10-15,22H,9,16-17H2,(H,24,25). The van der Waals surface area contributed by atoms with Crippen molar-refractivity contribution in [2.75, 3.05) is 13.1 Å². The lowest BCUT2D eigenvalue weighted by Crippen LogP contribution is -2.30. The van der Waals surface area contributed by atoms with Gasteiger partial charge in [0.2, 0.25) is 0 Å². The van der Waals surface area contributed by atoms with E-state index in [0.29, 0.717) is 0 Å². The van der Waals surface area contributed by atoms with Crippen molar-refractivity contribution in [1.82, 2.24) is 5.32 Å². The molecule has 0 bridgehead atoms. The predicted octanol–water partition coefficient (Wildman–Crippen LogP) is 5.31. The van der Waals surface area contributed by atoms with Crippen LogP contribution in [0, 0.1) is 0 Å². The molecule has 3 heteroatoms. The molecule has 3 aromatic rings. The number of nitrogens with one attached hydrogen (secondary N) is 1. The number of hydrogen-bond acceptors (Lipinski definition) is 3. The molecule has 130 valence electrons. The zero-order chi connectivity index (χ0) is 17.6. The molecular formula is C23H22N2S. The van der Waals surface area contributed by atoms with Gasteiger partial charge in [-0.3, -0.25) is 4.99 Å². The first kappa shape index (κ1) is 16.9. The molecule has 1 aliphatic heterocycles. The summed E-state index contributed by atoms with van der Waals surface area (Å²) in [6.45, 7) is 1.90. The Morgan fingerprint density at radius 1 is 0.769 bits per heavy atom. The molecule has 26 heavy (non-hydrogen) atoms. The summed E-state index contributed by atoms with van der Waals surface area (Å²) in [4.78, 5) is 5.97. The number of thioether (sulfide) groups is 1.